The minimum Gasteiger partial charge on any atom is -0.345 e. The molecule has 0 spiro atoms. The van der Waals surface area contributed by atoms with Crippen molar-refractivity contribution in [3.63, 3.8) is 0 Å². The molecule has 0 aliphatic carbocycles. The first-order valence-electron chi connectivity index (χ1n) is 3.83. The number of hydrogen-bond donors (Lipinski definition) is 2. The molecule has 0 aliphatic rings. The van der Waals surface area contributed by atoms with Crippen LogP contribution in [-0.2, 0) is 6.42 Å². The van der Waals surface area contributed by atoms with Crippen LogP contribution in [0.5, 0.6) is 0 Å². The van der Waals surface area contributed by atoms with Gasteiger partial charge in [0, 0.05) is 4.90 Å². The van der Waals surface area contributed by atoms with Crippen LogP contribution in [0, 0.1) is 11.3 Å². The highest BCUT2D eigenvalue weighted by Gasteiger charge is 2.02. The fourth-order valence-corrected chi connectivity index (χ4v) is 1.63. The van der Waals surface area contributed by atoms with Crippen LogP contribution in [0.2, 0.25) is 0 Å². The zero-order valence-electron chi connectivity index (χ0n) is 6.78. The normalized spacial score (nSPS) is 10.2. The molecule has 0 aliphatic heterocycles. The number of H-pyrrole nitrogens is 1. The second kappa shape index (κ2) is 3.11. The van der Waals surface area contributed by atoms with E-state index in [1.165, 1.54) is 0 Å². The van der Waals surface area contributed by atoms with Gasteiger partial charge in [0.15, 0.2) is 0 Å². The zero-order chi connectivity index (χ0) is 9.26. The Hall–Kier alpha value is -1.47. The molecule has 0 atom stereocenters. The van der Waals surface area contributed by atoms with Gasteiger partial charge in [-0.2, -0.15) is 5.26 Å². The van der Waals surface area contributed by atoms with Crippen molar-refractivity contribution in [2.75, 3.05) is 0 Å². The monoisotopic (exact) mass is 189 g/mol. The van der Waals surface area contributed by atoms with Gasteiger partial charge in [-0.25, -0.2) is 4.98 Å². The largest absolute Gasteiger partial charge is 0.345 e. The molecule has 13 heavy (non-hydrogen) atoms. The van der Waals surface area contributed by atoms with Crippen LogP contribution in [0.25, 0.3) is 11.0 Å². The quantitative estimate of drug-likeness (QED) is 0.673. The molecule has 0 bridgehead atoms. The Balaban J connectivity index is 2.64. The fraction of sp³-hybridized carbons (Fsp3) is 0.111. The van der Waals surface area contributed by atoms with Gasteiger partial charge in [0.05, 0.1) is 24.3 Å². The predicted molar refractivity (Wildman–Crippen MR) is 52.7 cm³/mol. The van der Waals surface area contributed by atoms with Gasteiger partial charge in [-0.15, -0.1) is 12.6 Å². The molecule has 2 rings (SSSR count). The third kappa shape index (κ3) is 1.38. The van der Waals surface area contributed by atoms with E-state index in [4.69, 9.17) is 5.26 Å². The van der Waals surface area contributed by atoms with E-state index >= 15 is 0 Å². The lowest BCUT2D eigenvalue weighted by molar-refractivity contribution is 1.24. The minimum atomic E-state index is 0.405. The summed E-state index contributed by atoms with van der Waals surface area (Å²) in [7, 11) is 0. The van der Waals surface area contributed by atoms with E-state index in [-0.39, 0.29) is 0 Å². The van der Waals surface area contributed by atoms with Crippen LogP contribution in [0.3, 0.4) is 0 Å². The van der Waals surface area contributed by atoms with E-state index in [0.717, 1.165) is 21.5 Å². The number of aromatic amines is 1. The molecule has 1 N–H and O–H groups in total. The summed E-state index contributed by atoms with van der Waals surface area (Å²) in [5, 5.41) is 8.53. The average molecular weight is 189 g/mol. The molecule has 0 amide bonds. The highest BCUT2D eigenvalue weighted by Crippen LogP contribution is 2.20. The number of fused-ring (bicyclic) bond motifs is 1. The number of aromatic nitrogens is 2. The average Bonchev–Trinajstić information content (AvgIpc) is 2.53. The van der Waals surface area contributed by atoms with Crippen molar-refractivity contribution in [1.29, 1.82) is 5.26 Å². The second-order valence-corrected chi connectivity index (χ2v) is 3.23. The summed E-state index contributed by atoms with van der Waals surface area (Å²) in [5.74, 6) is 0. The van der Waals surface area contributed by atoms with Crippen LogP contribution < -0.4 is 0 Å². The number of nitrogens with zero attached hydrogens (tertiary/aromatic N) is 2. The molecular weight excluding hydrogens is 182 g/mol. The SMILES string of the molecule is N#CCc1cc(S)c2nc[nH]c2c1. The van der Waals surface area contributed by atoms with Gasteiger partial charge in [0.2, 0.25) is 0 Å². The molecule has 2 aromatic rings. The van der Waals surface area contributed by atoms with Crippen molar-refractivity contribution < 1.29 is 0 Å². The topological polar surface area (TPSA) is 52.5 Å². The van der Waals surface area contributed by atoms with Gasteiger partial charge in [-0.1, -0.05) is 0 Å². The van der Waals surface area contributed by atoms with Gasteiger partial charge in [-0.05, 0) is 17.7 Å². The number of rotatable bonds is 1. The summed E-state index contributed by atoms with van der Waals surface area (Å²) in [4.78, 5) is 7.90. The van der Waals surface area contributed by atoms with E-state index in [1.54, 1.807) is 6.33 Å². The maximum Gasteiger partial charge on any atom is 0.102 e. The number of imidazole rings is 1. The summed E-state index contributed by atoms with van der Waals surface area (Å²) >= 11 is 4.29. The number of nitrogens with one attached hydrogen (secondary N) is 1. The Bertz CT molecular complexity index is 481. The van der Waals surface area contributed by atoms with Crippen molar-refractivity contribution in [3.05, 3.63) is 24.0 Å². The van der Waals surface area contributed by atoms with Crippen molar-refractivity contribution in [2.45, 2.75) is 11.3 Å². The molecule has 0 saturated carbocycles. The van der Waals surface area contributed by atoms with E-state index in [1.807, 2.05) is 12.1 Å². The van der Waals surface area contributed by atoms with E-state index in [0.29, 0.717) is 6.42 Å². The van der Waals surface area contributed by atoms with Gasteiger partial charge in [0.25, 0.3) is 0 Å². The van der Waals surface area contributed by atoms with Crippen LogP contribution in [0.15, 0.2) is 23.4 Å². The smallest absolute Gasteiger partial charge is 0.102 e. The van der Waals surface area contributed by atoms with E-state index in [9.17, 15) is 0 Å². The van der Waals surface area contributed by atoms with Crippen molar-refractivity contribution in [3.8, 4) is 6.07 Å². The summed E-state index contributed by atoms with van der Waals surface area (Å²) < 4.78 is 0. The molecule has 0 saturated heterocycles. The Morgan fingerprint density at radius 3 is 3.15 bits per heavy atom. The maximum absolute atomic E-state index is 8.53. The highest BCUT2D eigenvalue weighted by molar-refractivity contribution is 7.80. The van der Waals surface area contributed by atoms with Gasteiger partial charge >= 0.3 is 0 Å². The molecule has 3 nitrogen and oxygen atoms in total. The molecule has 4 heteroatoms. The standard InChI is InChI=1S/C9H7N3S/c10-2-1-6-3-7-9(8(13)4-6)12-5-11-7/h3-5,13H,1H2,(H,11,12). The Morgan fingerprint density at radius 2 is 2.38 bits per heavy atom. The number of hydrogen-bond acceptors (Lipinski definition) is 3. The maximum atomic E-state index is 8.53. The fourth-order valence-electron chi connectivity index (χ4n) is 1.28. The Labute approximate surface area is 80.8 Å². The first kappa shape index (κ1) is 8.14. The lowest BCUT2D eigenvalue weighted by Crippen LogP contribution is -1.83. The molecule has 0 radical (unpaired) electrons. The molecule has 1 aromatic heterocycles. The third-order valence-corrected chi connectivity index (χ3v) is 2.19. The molecular formula is C9H7N3S. The second-order valence-electron chi connectivity index (χ2n) is 2.75. The first-order valence-corrected chi connectivity index (χ1v) is 4.28. The Morgan fingerprint density at radius 1 is 1.54 bits per heavy atom. The van der Waals surface area contributed by atoms with Crippen molar-refractivity contribution in [1.82, 2.24) is 9.97 Å². The lowest BCUT2D eigenvalue weighted by Gasteiger charge is -1.97. The van der Waals surface area contributed by atoms with Crippen molar-refractivity contribution >= 4 is 23.7 Å². The number of thiol groups is 1. The number of nitriles is 1. The van der Waals surface area contributed by atoms with E-state index in [2.05, 4.69) is 28.7 Å². The molecule has 1 heterocycles. The predicted octanol–water partition coefficient (Wildman–Crippen LogP) is 1.92. The van der Waals surface area contributed by atoms with Crippen LogP contribution in [0.1, 0.15) is 5.56 Å². The summed E-state index contributed by atoms with van der Waals surface area (Å²) in [6.45, 7) is 0. The molecule has 1 aromatic carbocycles. The molecule has 0 unspecified atom stereocenters. The zero-order valence-corrected chi connectivity index (χ0v) is 7.68. The summed E-state index contributed by atoms with van der Waals surface area (Å²) in [6, 6.07) is 5.89. The lowest BCUT2D eigenvalue weighted by atomic mass is 10.1. The first-order chi connectivity index (χ1) is 6.31. The third-order valence-electron chi connectivity index (χ3n) is 1.85. The molecule has 64 valence electrons. The van der Waals surface area contributed by atoms with Crippen LogP contribution >= 0.6 is 12.6 Å². The van der Waals surface area contributed by atoms with Crippen LogP contribution in [0.4, 0.5) is 0 Å². The highest BCUT2D eigenvalue weighted by atomic mass is 32.1. The number of benzene rings is 1. The minimum absolute atomic E-state index is 0.405. The van der Waals surface area contributed by atoms with Gasteiger partial charge in [-0.3, -0.25) is 0 Å². The van der Waals surface area contributed by atoms with Gasteiger partial charge < -0.3 is 4.98 Å². The van der Waals surface area contributed by atoms with Crippen LogP contribution in [-0.4, -0.2) is 9.97 Å². The summed E-state index contributed by atoms with van der Waals surface area (Å²) in [5.41, 5.74) is 2.74. The van der Waals surface area contributed by atoms with Crippen molar-refractivity contribution in [2.24, 2.45) is 0 Å². The Kier molecular flexibility index (Phi) is 1.95. The summed E-state index contributed by atoms with van der Waals surface area (Å²) in [6.07, 6.45) is 2.03. The molecule has 0 fully saturated rings. The van der Waals surface area contributed by atoms with Gasteiger partial charge in [0.1, 0.15) is 5.52 Å². The van der Waals surface area contributed by atoms with E-state index < -0.39 is 0 Å².